The lowest BCUT2D eigenvalue weighted by atomic mass is 9.96. The fraction of sp³-hybridized carbons (Fsp3) is 0.781. The monoisotopic (exact) mass is 733 g/mol. The van der Waals surface area contributed by atoms with Crippen molar-refractivity contribution in [1.29, 1.82) is 0 Å². The van der Waals surface area contributed by atoms with Crippen LogP contribution in [0.2, 0.25) is 0 Å². The Morgan fingerprint density at radius 3 is 1.82 bits per heavy atom. The van der Waals surface area contributed by atoms with E-state index in [4.69, 9.17) is 16.6 Å². The van der Waals surface area contributed by atoms with Gasteiger partial charge in [-0.05, 0) is 49.0 Å². The van der Waals surface area contributed by atoms with Crippen LogP contribution in [0.25, 0.3) is 0 Å². The highest BCUT2D eigenvalue weighted by molar-refractivity contribution is 7.98. The SMILES string of the molecule is CC[C@H](C)[C@H](NC(=O)[C@@H](N)CCC(=O)O)C(=O)N[C@@H](CC(=O)O)C(=O)N[C@@H](CC(C)C)[C@@H](O)CN[C@@H](CCSC)C(=O)N[C@H](C(N)=O)C(C)C. The first kappa shape index (κ1) is 46.5. The molecule has 0 saturated carbocycles. The van der Waals surface area contributed by atoms with E-state index in [9.17, 15) is 43.8 Å². The van der Waals surface area contributed by atoms with Crippen LogP contribution in [-0.4, -0.2) is 118 Å². The number of nitrogens with one attached hydrogen (secondary N) is 5. The number of thioether (sulfide) groups is 1. The molecule has 50 heavy (non-hydrogen) atoms. The van der Waals surface area contributed by atoms with Crippen LogP contribution in [0.4, 0.5) is 0 Å². The normalized spacial score (nSPS) is 16.2. The number of aliphatic carboxylic acids is 2. The van der Waals surface area contributed by atoms with Crippen LogP contribution in [0.15, 0.2) is 0 Å². The number of hydrogen-bond acceptors (Lipinski definition) is 11. The fourth-order valence-corrected chi connectivity index (χ4v) is 5.38. The molecule has 0 aliphatic heterocycles. The number of carbonyl (C=O) groups is 7. The highest BCUT2D eigenvalue weighted by Crippen LogP contribution is 2.13. The first-order chi connectivity index (χ1) is 23.2. The summed E-state index contributed by atoms with van der Waals surface area (Å²) >= 11 is 1.50. The van der Waals surface area contributed by atoms with Gasteiger partial charge in [0.05, 0.1) is 30.7 Å². The molecule has 288 valence electrons. The number of hydrogen-bond donors (Lipinski definition) is 10. The molecule has 0 heterocycles. The highest BCUT2D eigenvalue weighted by atomic mass is 32.2. The van der Waals surface area contributed by atoms with E-state index < -0.39 is 96.2 Å². The second kappa shape index (κ2) is 23.8. The third kappa shape index (κ3) is 18.0. The Balaban J connectivity index is 5.97. The molecule has 0 bridgehead atoms. The molecule has 17 nitrogen and oxygen atoms in total. The Hall–Kier alpha value is -3.48. The third-order valence-corrected chi connectivity index (χ3v) is 8.74. The standard InChI is InChI=1S/C32H59N7O10S/c1-8-18(6)27(39-29(46)19(33)9-10-24(41)42)32(49)37-22(14-25(43)44)31(48)36-21(13-16(2)3)23(40)15-35-20(11-12-50-7)30(47)38-26(17(4)5)28(34)45/h16-23,26-27,35,40H,8-15,33H2,1-7H3,(H2,34,45)(H,36,48)(H,37,49)(H,38,47)(H,39,46)(H,41,42)(H,43,44)/t18-,19-,20-,21-,22-,23-,26-,27-/m0/s1. The Kier molecular flexibility index (Phi) is 22.2. The first-order valence-electron chi connectivity index (χ1n) is 16.9. The van der Waals surface area contributed by atoms with Gasteiger partial charge in [-0.15, -0.1) is 0 Å². The minimum Gasteiger partial charge on any atom is -0.481 e. The van der Waals surface area contributed by atoms with Crippen molar-refractivity contribution in [1.82, 2.24) is 26.6 Å². The molecule has 0 spiro atoms. The van der Waals surface area contributed by atoms with Gasteiger partial charge < -0.3 is 53.4 Å². The fourth-order valence-electron chi connectivity index (χ4n) is 4.91. The van der Waals surface area contributed by atoms with Crippen molar-refractivity contribution in [2.75, 3.05) is 18.6 Å². The Bertz CT molecular complexity index is 1140. The largest absolute Gasteiger partial charge is 0.481 e. The molecule has 18 heteroatoms. The van der Waals surface area contributed by atoms with Gasteiger partial charge in [-0.2, -0.15) is 11.8 Å². The maximum atomic E-state index is 13.5. The van der Waals surface area contributed by atoms with Crippen LogP contribution in [-0.2, 0) is 33.6 Å². The predicted molar refractivity (Wildman–Crippen MR) is 189 cm³/mol. The summed E-state index contributed by atoms with van der Waals surface area (Å²) in [5.41, 5.74) is 11.3. The minimum atomic E-state index is -1.60. The van der Waals surface area contributed by atoms with Gasteiger partial charge in [0.15, 0.2) is 0 Å². The summed E-state index contributed by atoms with van der Waals surface area (Å²) < 4.78 is 0. The molecular weight excluding hydrogens is 674 g/mol. The Morgan fingerprint density at radius 1 is 0.760 bits per heavy atom. The van der Waals surface area contributed by atoms with Gasteiger partial charge in [-0.3, -0.25) is 33.6 Å². The molecule has 0 rings (SSSR count). The number of aliphatic hydroxyl groups is 1. The van der Waals surface area contributed by atoms with Crippen molar-refractivity contribution in [3.8, 4) is 0 Å². The molecule has 0 aliphatic carbocycles. The molecule has 0 aromatic heterocycles. The smallest absolute Gasteiger partial charge is 0.305 e. The van der Waals surface area contributed by atoms with Crippen molar-refractivity contribution >= 4 is 53.2 Å². The molecule has 0 radical (unpaired) electrons. The van der Waals surface area contributed by atoms with Gasteiger partial charge in [-0.25, -0.2) is 0 Å². The van der Waals surface area contributed by atoms with Crippen LogP contribution < -0.4 is 38.1 Å². The molecule has 0 fully saturated rings. The summed E-state index contributed by atoms with van der Waals surface area (Å²) in [5, 5.41) is 42.9. The van der Waals surface area contributed by atoms with E-state index in [1.807, 2.05) is 20.1 Å². The molecule has 12 N–H and O–H groups in total. The van der Waals surface area contributed by atoms with Crippen LogP contribution in [0.3, 0.4) is 0 Å². The van der Waals surface area contributed by atoms with Crippen LogP contribution in [0.1, 0.15) is 80.1 Å². The maximum absolute atomic E-state index is 13.5. The lowest BCUT2D eigenvalue weighted by Gasteiger charge is -2.30. The average molecular weight is 734 g/mol. The van der Waals surface area contributed by atoms with Gasteiger partial charge in [0.2, 0.25) is 29.5 Å². The van der Waals surface area contributed by atoms with Crippen molar-refractivity contribution in [3.63, 3.8) is 0 Å². The zero-order chi connectivity index (χ0) is 38.7. The molecule has 0 aromatic rings. The molecule has 5 amide bonds. The van der Waals surface area contributed by atoms with E-state index in [0.29, 0.717) is 18.6 Å². The number of carboxylic acids is 2. The van der Waals surface area contributed by atoms with E-state index in [1.54, 1.807) is 27.7 Å². The lowest BCUT2D eigenvalue weighted by Crippen LogP contribution is -2.60. The molecule has 0 aliphatic rings. The Labute approximate surface area is 298 Å². The quantitative estimate of drug-likeness (QED) is 0.0506. The molecule has 0 aromatic carbocycles. The van der Waals surface area contributed by atoms with E-state index in [0.717, 1.165) is 0 Å². The molecule has 0 saturated heterocycles. The topological polar surface area (TPSA) is 292 Å². The summed E-state index contributed by atoms with van der Waals surface area (Å²) in [7, 11) is 0. The van der Waals surface area contributed by atoms with Crippen LogP contribution in [0, 0.1) is 17.8 Å². The van der Waals surface area contributed by atoms with E-state index in [2.05, 4.69) is 26.6 Å². The number of primary amides is 1. The number of carboxylic acid groups (broad SMARTS) is 2. The second-order valence-corrected chi connectivity index (χ2v) is 14.2. The highest BCUT2D eigenvalue weighted by Gasteiger charge is 2.34. The summed E-state index contributed by atoms with van der Waals surface area (Å²) in [5.74, 6) is -6.43. The average Bonchev–Trinajstić information content (AvgIpc) is 3.02. The number of rotatable bonds is 26. The number of nitrogens with two attached hydrogens (primary N) is 2. The summed E-state index contributed by atoms with van der Waals surface area (Å²) in [4.78, 5) is 87.1. The van der Waals surface area contributed by atoms with Crippen LogP contribution >= 0.6 is 11.8 Å². The summed E-state index contributed by atoms with van der Waals surface area (Å²) in [6, 6.07) is -6.68. The van der Waals surface area contributed by atoms with Crippen molar-refractivity contribution in [3.05, 3.63) is 0 Å². The molecule has 8 atom stereocenters. The van der Waals surface area contributed by atoms with Crippen LogP contribution in [0.5, 0.6) is 0 Å². The molecular formula is C32H59N7O10S. The van der Waals surface area contributed by atoms with Crippen molar-refractivity contribution < 1.29 is 48.9 Å². The van der Waals surface area contributed by atoms with E-state index >= 15 is 0 Å². The summed E-state index contributed by atoms with van der Waals surface area (Å²) in [6.45, 7) is 10.4. The lowest BCUT2D eigenvalue weighted by molar-refractivity contribution is -0.142. The van der Waals surface area contributed by atoms with Gasteiger partial charge in [0.1, 0.15) is 18.1 Å². The summed E-state index contributed by atoms with van der Waals surface area (Å²) in [6.07, 6.45) is 0.260. The van der Waals surface area contributed by atoms with Crippen molar-refractivity contribution in [2.24, 2.45) is 29.2 Å². The number of aliphatic hydroxyl groups excluding tert-OH is 1. The van der Waals surface area contributed by atoms with E-state index in [1.165, 1.54) is 11.8 Å². The first-order valence-corrected chi connectivity index (χ1v) is 18.2. The zero-order valence-corrected chi connectivity index (χ0v) is 31.0. The third-order valence-electron chi connectivity index (χ3n) is 8.10. The predicted octanol–water partition coefficient (Wildman–Crippen LogP) is -1.10. The Morgan fingerprint density at radius 2 is 1.34 bits per heavy atom. The number of amides is 5. The van der Waals surface area contributed by atoms with Gasteiger partial charge in [0, 0.05) is 13.0 Å². The maximum Gasteiger partial charge on any atom is 0.305 e. The molecule has 0 unspecified atom stereocenters. The van der Waals surface area contributed by atoms with Gasteiger partial charge in [-0.1, -0.05) is 48.0 Å². The van der Waals surface area contributed by atoms with Gasteiger partial charge in [0.25, 0.3) is 0 Å². The second-order valence-electron chi connectivity index (χ2n) is 13.3. The minimum absolute atomic E-state index is 0.0456. The number of carbonyl (C=O) groups excluding carboxylic acids is 5. The zero-order valence-electron chi connectivity index (χ0n) is 30.2. The van der Waals surface area contributed by atoms with Crippen molar-refractivity contribution in [2.45, 2.75) is 122 Å². The van der Waals surface area contributed by atoms with Gasteiger partial charge >= 0.3 is 11.9 Å². The van der Waals surface area contributed by atoms with E-state index in [-0.39, 0.29) is 37.6 Å².